The SMILES string of the molecule is CC(C)(C)NC(=O)C[C@H](CC(=O)OC(C)(C)C)C(=O)NCCCC(=O)c1cc(-c2ccccc2F)ccc1F. The van der Waals surface area contributed by atoms with Gasteiger partial charge in [0.2, 0.25) is 11.8 Å². The maximum absolute atomic E-state index is 14.4. The summed E-state index contributed by atoms with van der Waals surface area (Å²) in [4.78, 5) is 50.4. The number of hydrogen-bond acceptors (Lipinski definition) is 5. The Kier molecular flexibility index (Phi) is 10.9. The quantitative estimate of drug-likeness (QED) is 0.225. The Balaban J connectivity index is 2.00. The number of carbonyl (C=O) groups excluding carboxylic acids is 4. The van der Waals surface area contributed by atoms with Crippen LogP contribution in [0.5, 0.6) is 0 Å². The van der Waals surface area contributed by atoms with E-state index in [9.17, 15) is 28.0 Å². The van der Waals surface area contributed by atoms with Crippen molar-refractivity contribution in [3.63, 3.8) is 0 Å². The van der Waals surface area contributed by atoms with E-state index >= 15 is 0 Å². The van der Waals surface area contributed by atoms with E-state index in [1.807, 2.05) is 0 Å². The van der Waals surface area contributed by atoms with Gasteiger partial charge in [-0.1, -0.05) is 24.3 Å². The topological polar surface area (TPSA) is 102 Å². The van der Waals surface area contributed by atoms with Gasteiger partial charge in [-0.25, -0.2) is 8.78 Å². The van der Waals surface area contributed by atoms with Crippen molar-refractivity contribution in [1.82, 2.24) is 10.6 Å². The van der Waals surface area contributed by atoms with Crippen LogP contribution in [0.15, 0.2) is 42.5 Å². The van der Waals surface area contributed by atoms with Crippen LogP contribution in [0.25, 0.3) is 11.1 Å². The summed E-state index contributed by atoms with van der Waals surface area (Å²) in [5.74, 6) is -4.17. The molecule has 0 saturated heterocycles. The molecule has 2 N–H and O–H groups in total. The normalized spacial score (nSPS) is 12.4. The third-order valence-electron chi connectivity index (χ3n) is 5.48. The first-order valence-corrected chi connectivity index (χ1v) is 12.9. The summed E-state index contributed by atoms with van der Waals surface area (Å²) >= 11 is 0. The largest absolute Gasteiger partial charge is 0.460 e. The molecule has 0 aromatic heterocycles. The zero-order valence-corrected chi connectivity index (χ0v) is 23.5. The molecule has 0 fully saturated rings. The van der Waals surface area contributed by atoms with E-state index in [0.29, 0.717) is 5.56 Å². The highest BCUT2D eigenvalue weighted by atomic mass is 19.1. The van der Waals surface area contributed by atoms with Crippen molar-refractivity contribution in [2.24, 2.45) is 5.92 Å². The summed E-state index contributed by atoms with van der Waals surface area (Å²) in [5.41, 5.74) is -0.785. The van der Waals surface area contributed by atoms with Crippen molar-refractivity contribution >= 4 is 23.6 Å². The Labute approximate surface area is 228 Å². The predicted octanol–water partition coefficient (Wildman–Crippen LogP) is 5.36. The highest BCUT2D eigenvalue weighted by molar-refractivity contribution is 5.97. The fourth-order valence-electron chi connectivity index (χ4n) is 3.88. The molecule has 2 aromatic carbocycles. The number of hydrogen-bond donors (Lipinski definition) is 2. The van der Waals surface area contributed by atoms with Crippen molar-refractivity contribution in [3.8, 4) is 11.1 Å². The number of ether oxygens (including phenoxy) is 1. The van der Waals surface area contributed by atoms with Crippen LogP contribution >= 0.6 is 0 Å². The van der Waals surface area contributed by atoms with Gasteiger partial charge < -0.3 is 15.4 Å². The maximum atomic E-state index is 14.4. The third kappa shape index (κ3) is 10.9. The zero-order valence-electron chi connectivity index (χ0n) is 23.5. The number of halogens is 2. The lowest BCUT2D eigenvalue weighted by molar-refractivity contribution is -0.157. The first-order valence-electron chi connectivity index (χ1n) is 12.9. The lowest BCUT2D eigenvalue weighted by Gasteiger charge is -2.24. The second kappa shape index (κ2) is 13.4. The fourth-order valence-corrected chi connectivity index (χ4v) is 3.88. The molecule has 2 amide bonds. The maximum Gasteiger partial charge on any atom is 0.307 e. The first kappa shape index (κ1) is 31.6. The van der Waals surface area contributed by atoms with Crippen molar-refractivity contribution in [1.29, 1.82) is 0 Å². The molecule has 0 aliphatic carbocycles. The molecule has 2 aromatic rings. The molecule has 212 valence electrons. The van der Waals surface area contributed by atoms with Crippen molar-refractivity contribution in [2.45, 2.75) is 78.4 Å². The van der Waals surface area contributed by atoms with Gasteiger partial charge in [-0.15, -0.1) is 0 Å². The van der Waals surface area contributed by atoms with Gasteiger partial charge in [0.15, 0.2) is 5.78 Å². The van der Waals surface area contributed by atoms with Crippen molar-refractivity contribution < 1.29 is 32.7 Å². The predicted molar refractivity (Wildman–Crippen MR) is 145 cm³/mol. The van der Waals surface area contributed by atoms with Gasteiger partial charge in [-0.05, 0) is 71.7 Å². The van der Waals surface area contributed by atoms with E-state index in [2.05, 4.69) is 10.6 Å². The summed E-state index contributed by atoms with van der Waals surface area (Å²) in [5, 5.41) is 5.44. The van der Waals surface area contributed by atoms with Crippen LogP contribution in [0.3, 0.4) is 0 Å². The molecule has 7 nitrogen and oxygen atoms in total. The van der Waals surface area contributed by atoms with Gasteiger partial charge in [0.05, 0.1) is 17.9 Å². The highest BCUT2D eigenvalue weighted by Crippen LogP contribution is 2.25. The second-order valence-electron chi connectivity index (χ2n) is 11.5. The lowest BCUT2D eigenvalue weighted by Crippen LogP contribution is -2.43. The number of amides is 2. The van der Waals surface area contributed by atoms with Gasteiger partial charge in [0.1, 0.15) is 17.2 Å². The molecule has 0 heterocycles. The van der Waals surface area contributed by atoms with Gasteiger partial charge in [0.25, 0.3) is 0 Å². The molecule has 9 heteroatoms. The van der Waals surface area contributed by atoms with Crippen LogP contribution < -0.4 is 10.6 Å². The molecule has 0 aliphatic rings. The molecular formula is C30H38F2N2O5. The Morgan fingerprint density at radius 2 is 1.56 bits per heavy atom. The summed E-state index contributed by atoms with van der Waals surface area (Å²) in [6.45, 7) is 10.6. The monoisotopic (exact) mass is 544 g/mol. The zero-order chi connectivity index (χ0) is 29.4. The average Bonchev–Trinajstić information content (AvgIpc) is 2.79. The lowest BCUT2D eigenvalue weighted by atomic mass is 9.97. The Bertz CT molecular complexity index is 1170. The van der Waals surface area contributed by atoms with E-state index in [-0.39, 0.29) is 49.3 Å². The minimum absolute atomic E-state index is 0.0703. The van der Waals surface area contributed by atoms with E-state index in [1.54, 1.807) is 53.7 Å². The first-order chi connectivity index (χ1) is 18.1. The molecule has 0 saturated carbocycles. The number of rotatable bonds is 11. The molecule has 0 spiro atoms. The minimum atomic E-state index is -0.965. The minimum Gasteiger partial charge on any atom is -0.460 e. The van der Waals surface area contributed by atoms with Crippen LogP contribution in [-0.4, -0.2) is 41.3 Å². The van der Waals surface area contributed by atoms with Crippen LogP contribution in [0.2, 0.25) is 0 Å². The van der Waals surface area contributed by atoms with Crippen LogP contribution in [0.1, 0.15) is 77.6 Å². The van der Waals surface area contributed by atoms with Gasteiger partial charge in [-0.2, -0.15) is 0 Å². The molecule has 39 heavy (non-hydrogen) atoms. The van der Waals surface area contributed by atoms with E-state index in [0.717, 1.165) is 6.07 Å². The van der Waals surface area contributed by atoms with Crippen LogP contribution in [0.4, 0.5) is 8.78 Å². The molecule has 0 unspecified atom stereocenters. The Morgan fingerprint density at radius 3 is 2.18 bits per heavy atom. The standard InChI is InChI=1S/C30H38F2N2O5/c1-29(2,3)34-26(36)17-20(18-27(37)39-30(4,5)6)28(38)33-15-9-12-25(35)22-16-19(13-14-24(22)32)21-10-7-8-11-23(21)31/h7-8,10-11,13-14,16,20H,9,12,15,17-18H2,1-6H3,(H,33,38)(H,34,36)/t20-/m1/s1. The van der Waals surface area contributed by atoms with E-state index in [4.69, 9.17) is 4.74 Å². The number of nitrogens with one attached hydrogen (secondary N) is 2. The van der Waals surface area contributed by atoms with Gasteiger partial charge in [0, 0.05) is 30.5 Å². The Hall–Kier alpha value is -3.62. The fraction of sp³-hybridized carbons (Fsp3) is 0.467. The molecule has 0 aliphatic heterocycles. The molecule has 1 atom stereocenters. The molecular weight excluding hydrogens is 506 g/mol. The summed E-state index contributed by atoms with van der Waals surface area (Å²) in [7, 11) is 0. The number of benzene rings is 2. The average molecular weight is 545 g/mol. The van der Waals surface area contributed by atoms with Crippen LogP contribution in [0, 0.1) is 17.6 Å². The summed E-state index contributed by atoms with van der Waals surface area (Å²) < 4.78 is 33.8. The number of carbonyl (C=O) groups is 4. The van der Waals surface area contributed by atoms with Crippen LogP contribution in [-0.2, 0) is 19.1 Å². The van der Waals surface area contributed by atoms with E-state index in [1.165, 1.54) is 24.3 Å². The number of esters is 1. The summed E-state index contributed by atoms with van der Waals surface area (Å²) in [6.07, 6.45) is -0.372. The molecule has 0 bridgehead atoms. The smallest absolute Gasteiger partial charge is 0.307 e. The molecule has 2 rings (SSSR count). The third-order valence-corrected chi connectivity index (χ3v) is 5.48. The number of Topliss-reactive ketones (excluding diaryl/α,β-unsaturated/α-hetero) is 1. The second-order valence-corrected chi connectivity index (χ2v) is 11.5. The van der Waals surface area contributed by atoms with E-state index < -0.39 is 46.4 Å². The van der Waals surface area contributed by atoms with Gasteiger partial charge in [-0.3, -0.25) is 19.2 Å². The van der Waals surface area contributed by atoms with Crippen molar-refractivity contribution in [2.75, 3.05) is 6.54 Å². The van der Waals surface area contributed by atoms with Gasteiger partial charge >= 0.3 is 5.97 Å². The Morgan fingerprint density at radius 1 is 0.897 bits per heavy atom. The highest BCUT2D eigenvalue weighted by Gasteiger charge is 2.28. The molecule has 0 radical (unpaired) electrons. The number of ketones is 1. The summed E-state index contributed by atoms with van der Waals surface area (Å²) in [6, 6.07) is 9.87. The van der Waals surface area contributed by atoms with Crippen molar-refractivity contribution in [3.05, 3.63) is 59.7 Å².